The number of unbranched alkanes of at least 4 members (excludes halogenated alkanes) is 1. The maximum Gasteiger partial charge on any atom is 0.157 e. The predicted molar refractivity (Wildman–Crippen MR) is 75.3 cm³/mol. The molecule has 0 spiro atoms. The molecule has 2 unspecified atom stereocenters. The summed E-state index contributed by atoms with van der Waals surface area (Å²) < 4.78 is 0. The Morgan fingerprint density at radius 3 is 2.88 bits per heavy atom. The van der Waals surface area contributed by atoms with Gasteiger partial charge in [-0.3, -0.25) is 4.99 Å². The summed E-state index contributed by atoms with van der Waals surface area (Å²) in [4.78, 5) is 4.79. The van der Waals surface area contributed by atoms with Crippen LogP contribution in [0.3, 0.4) is 0 Å². The van der Waals surface area contributed by atoms with Gasteiger partial charge in [-0.25, -0.2) is 0 Å². The first kappa shape index (κ1) is 13.9. The van der Waals surface area contributed by atoms with Crippen molar-refractivity contribution in [1.82, 2.24) is 5.32 Å². The van der Waals surface area contributed by atoms with Crippen molar-refractivity contribution < 1.29 is 0 Å². The van der Waals surface area contributed by atoms with Crippen molar-refractivity contribution in [3.63, 3.8) is 0 Å². The highest BCUT2D eigenvalue weighted by Crippen LogP contribution is 2.25. The molecule has 2 nitrogen and oxygen atoms in total. The van der Waals surface area contributed by atoms with E-state index >= 15 is 0 Å². The average Bonchev–Trinajstić information content (AvgIpc) is 2.26. The Bertz CT molecular complexity index is 240. The van der Waals surface area contributed by atoms with Gasteiger partial charge >= 0.3 is 0 Å². The molecule has 1 saturated heterocycles. The number of thioether (sulfide) groups is 1. The minimum absolute atomic E-state index is 0.272. The van der Waals surface area contributed by atoms with Crippen molar-refractivity contribution in [2.24, 2.45) is 4.99 Å². The molecule has 0 aliphatic carbocycles. The van der Waals surface area contributed by atoms with Crippen LogP contribution >= 0.6 is 11.8 Å². The van der Waals surface area contributed by atoms with Gasteiger partial charge in [0.2, 0.25) is 0 Å². The number of nitrogens with zero attached hydrogens (tertiary/aromatic N) is 1. The monoisotopic (exact) mass is 242 g/mol. The quantitative estimate of drug-likeness (QED) is 0.792. The highest BCUT2D eigenvalue weighted by atomic mass is 32.2. The second kappa shape index (κ2) is 6.53. The second-order valence-electron chi connectivity index (χ2n) is 5.06. The van der Waals surface area contributed by atoms with Gasteiger partial charge in [0.1, 0.15) is 0 Å². The van der Waals surface area contributed by atoms with Crippen molar-refractivity contribution in [2.75, 3.05) is 5.75 Å². The molecular weight excluding hydrogens is 216 g/mol. The molecule has 16 heavy (non-hydrogen) atoms. The summed E-state index contributed by atoms with van der Waals surface area (Å²) in [6.45, 7) is 9.02. The van der Waals surface area contributed by atoms with Gasteiger partial charge in [0.15, 0.2) is 5.17 Å². The van der Waals surface area contributed by atoms with Crippen molar-refractivity contribution >= 4 is 16.9 Å². The van der Waals surface area contributed by atoms with E-state index in [0.29, 0.717) is 6.04 Å². The number of amidine groups is 1. The maximum atomic E-state index is 4.79. The fraction of sp³-hybridized carbons (Fsp3) is 0.923. The third-order valence-corrected chi connectivity index (χ3v) is 4.28. The van der Waals surface area contributed by atoms with Crippen molar-refractivity contribution in [2.45, 2.75) is 71.4 Å². The fourth-order valence-corrected chi connectivity index (χ4v) is 3.15. The Kier molecular flexibility index (Phi) is 5.67. The highest BCUT2D eigenvalue weighted by molar-refractivity contribution is 8.13. The molecule has 1 N–H and O–H groups in total. The van der Waals surface area contributed by atoms with Gasteiger partial charge in [-0.2, -0.15) is 0 Å². The Labute approximate surface area is 105 Å². The molecule has 2 atom stereocenters. The average molecular weight is 242 g/mol. The molecule has 94 valence electrons. The Hall–Kier alpha value is -0.180. The summed E-state index contributed by atoms with van der Waals surface area (Å²) in [5, 5.41) is 4.77. The van der Waals surface area contributed by atoms with Crippen molar-refractivity contribution in [3.05, 3.63) is 0 Å². The number of rotatable bonds is 5. The summed E-state index contributed by atoms with van der Waals surface area (Å²) in [6, 6.07) is 0.467. The summed E-state index contributed by atoms with van der Waals surface area (Å²) in [5.41, 5.74) is 0.272. The van der Waals surface area contributed by atoms with Gasteiger partial charge in [0.25, 0.3) is 0 Å². The Balaban J connectivity index is 2.49. The van der Waals surface area contributed by atoms with E-state index in [1.54, 1.807) is 0 Å². The summed E-state index contributed by atoms with van der Waals surface area (Å²) >= 11 is 1.88. The van der Waals surface area contributed by atoms with Crippen molar-refractivity contribution in [1.29, 1.82) is 0 Å². The number of hydrogen-bond acceptors (Lipinski definition) is 2. The minimum Gasteiger partial charge on any atom is -0.360 e. The fourth-order valence-electron chi connectivity index (χ4n) is 1.83. The first-order chi connectivity index (χ1) is 7.59. The standard InChI is InChI=1S/C13H26N2S/c1-5-7-8-11(3)14-12-15-13(4,6-2)9-10-16-12/h11H,5-10H2,1-4H3,(H,14,15). The molecule has 3 heteroatoms. The summed E-state index contributed by atoms with van der Waals surface area (Å²) in [7, 11) is 0. The zero-order valence-corrected chi connectivity index (χ0v) is 12.0. The van der Waals surface area contributed by atoms with Gasteiger partial charge in [-0.05, 0) is 33.1 Å². The molecule has 0 radical (unpaired) electrons. The number of hydrogen-bond donors (Lipinski definition) is 1. The summed E-state index contributed by atoms with van der Waals surface area (Å²) in [6.07, 6.45) is 6.19. The number of nitrogens with one attached hydrogen (secondary N) is 1. The molecule has 1 heterocycles. The normalized spacial score (nSPS) is 30.1. The topological polar surface area (TPSA) is 24.4 Å². The zero-order chi connectivity index (χ0) is 12.0. The molecule has 1 rings (SSSR count). The predicted octanol–water partition coefficient (Wildman–Crippen LogP) is 3.82. The Morgan fingerprint density at radius 1 is 1.50 bits per heavy atom. The van der Waals surface area contributed by atoms with Crippen LogP contribution < -0.4 is 5.32 Å². The first-order valence-electron chi connectivity index (χ1n) is 6.58. The lowest BCUT2D eigenvalue weighted by atomic mass is 9.96. The molecule has 1 aliphatic heterocycles. The van der Waals surface area contributed by atoms with E-state index in [1.165, 1.54) is 43.0 Å². The molecule has 0 bridgehead atoms. The van der Waals surface area contributed by atoms with E-state index in [-0.39, 0.29) is 5.54 Å². The van der Waals surface area contributed by atoms with E-state index in [0.717, 1.165) is 0 Å². The van der Waals surface area contributed by atoms with Gasteiger partial charge in [-0.15, -0.1) is 0 Å². The summed E-state index contributed by atoms with van der Waals surface area (Å²) in [5.74, 6) is 1.21. The molecule has 0 aromatic carbocycles. The number of aliphatic imine (C=N–C) groups is 1. The SMILES string of the molecule is CCCCC(C)N=C1NC(C)(CC)CCS1. The molecule has 1 fully saturated rings. The molecule has 1 aliphatic rings. The van der Waals surface area contributed by atoms with Crippen LogP contribution in [0.25, 0.3) is 0 Å². The van der Waals surface area contributed by atoms with E-state index in [9.17, 15) is 0 Å². The Morgan fingerprint density at radius 2 is 2.25 bits per heavy atom. The third kappa shape index (κ3) is 4.36. The molecule has 0 saturated carbocycles. The van der Waals surface area contributed by atoms with Gasteiger partial charge < -0.3 is 5.32 Å². The van der Waals surface area contributed by atoms with Crippen LogP contribution in [0.2, 0.25) is 0 Å². The maximum absolute atomic E-state index is 4.79. The third-order valence-electron chi connectivity index (χ3n) is 3.39. The van der Waals surface area contributed by atoms with E-state index < -0.39 is 0 Å². The lowest BCUT2D eigenvalue weighted by molar-refractivity contribution is 0.389. The van der Waals surface area contributed by atoms with Crippen LogP contribution in [0.15, 0.2) is 4.99 Å². The van der Waals surface area contributed by atoms with E-state index in [2.05, 4.69) is 33.0 Å². The van der Waals surface area contributed by atoms with Gasteiger partial charge in [-0.1, -0.05) is 38.5 Å². The van der Waals surface area contributed by atoms with E-state index in [1.807, 2.05) is 11.8 Å². The first-order valence-corrected chi connectivity index (χ1v) is 7.57. The van der Waals surface area contributed by atoms with Gasteiger partial charge in [0.05, 0.1) is 0 Å². The van der Waals surface area contributed by atoms with Crippen LogP contribution in [-0.4, -0.2) is 22.5 Å². The largest absolute Gasteiger partial charge is 0.360 e. The van der Waals surface area contributed by atoms with Crippen LogP contribution in [0.1, 0.15) is 59.8 Å². The lowest BCUT2D eigenvalue weighted by Gasteiger charge is -2.35. The highest BCUT2D eigenvalue weighted by Gasteiger charge is 2.27. The van der Waals surface area contributed by atoms with Crippen LogP contribution in [-0.2, 0) is 0 Å². The second-order valence-corrected chi connectivity index (χ2v) is 6.15. The zero-order valence-electron chi connectivity index (χ0n) is 11.2. The molecule has 0 amide bonds. The van der Waals surface area contributed by atoms with Gasteiger partial charge in [0, 0.05) is 17.3 Å². The van der Waals surface area contributed by atoms with Crippen LogP contribution in [0.5, 0.6) is 0 Å². The van der Waals surface area contributed by atoms with Crippen LogP contribution in [0, 0.1) is 0 Å². The van der Waals surface area contributed by atoms with Crippen molar-refractivity contribution in [3.8, 4) is 0 Å². The molecule has 0 aromatic heterocycles. The smallest absolute Gasteiger partial charge is 0.157 e. The van der Waals surface area contributed by atoms with Crippen LogP contribution in [0.4, 0.5) is 0 Å². The lowest BCUT2D eigenvalue weighted by Crippen LogP contribution is -2.48. The molecule has 0 aromatic rings. The minimum atomic E-state index is 0.272. The van der Waals surface area contributed by atoms with E-state index in [4.69, 9.17) is 4.99 Å². The molecular formula is C13H26N2S.